The Kier molecular flexibility index (Phi) is 4.48. The molecule has 0 heterocycles. The van der Waals surface area contributed by atoms with Gasteiger partial charge >= 0.3 is 0 Å². The van der Waals surface area contributed by atoms with E-state index in [1.54, 1.807) is 0 Å². The summed E-state index contributed by atoms with van der Waals surface area (Å²) < 4.78 is 2.13. The monoisotopic (exact) mass is 442 g/mol. The van der Waals surface area contributed by atoms with Crippen molar-refractivity contribution in [3.63, 3.8) is 0 Å². The van der Waals surface area contributed by atoms with E-state index in [1.165, 1.54) is 36.0 Å². The number of aliphatic hydroxyl groups excluding tert-OH is 1. The second kappa shape index (κ2) is 6.16. The summed E-state index contributed by atoms with van der Waals surface area (Å²) in [6, 6.07) is 12.7. The first-order valence-corrected chi connectivity index (χ1v) is 8.74. The molecule has 2 aromatic carbocycles. The van der Waals surface area contributed by atoms with Gasteiger partial charge in [-0.2, -0.15) is 0 Å². The molecule has 0 aromatic heterocycles. The van der Waals surface area contributed by atoms with Crippen LogP contribution in [-0.2, 0) is 19.3 Å². The van der Waals surface area contributed by atoms with Crippen molar-refractivity contribution in [1.29, 1.82) is 0 Å². The lowest BCUT2D eigenvalue weighted by molar-refractivity contribution is 0.177. The molecule has 3 rings (SSSR count). The minimum atomic E-state index is -0.446. The van der Waals surface area contributed by atoms with Gasteiger partial charge in [0, 0.05) is 14.5 Å². The minimum Gasteiger partial charge on any atom is -0.388 e. The van der Waals surface area contributed by atoms with Crippen LogP contribution >= 0.6 is 38.5 Å². The zero-order valence-corrected chi connectivity index (χ0v) is 14.8. The van der Waals surface area contributed by atoms with E-state index in [0.29, 0.717) is 6.42 Å². The molecule has 1 atom stereocenters. The van der Waals surface area contributed by atoms with E-state index < -0.39 is 6.10 Å². The number of hydrogen-bond donors (Lipinski definition) is 1. The normalized spacial score (nSPS) is 15.2. The van der Waals surface area contributed by atoms with E-state index in [0.717, 1.165) is 13.6 Å². The van der Waals surface area contributed by atoms with Crippen LogP contribution < -0.4 is 0 Å². The van der Waals surface area contributed by atoms with Gasteiger partial charge in [0.2, 0.25) is 0 Å². The van der Waals surface area contributed by atoms with Crippen LogP contribution in [0, 0.1) is 3.57 Å². The molecule has 0 radical (unpaired) electrons. The van der Waals surface area contributed by atoms with E-state index >= 15 is 0 Å². The van der Waals surface area contributed by atoms with Crippen molar-refractivity contribution in [1.82, 2.24) is 0 Å². The molecule has 0 spiro atoms. The van der Waals surface area contributed by atoms with Crippen LogP contribution in [0.5, 0.6) is 0 Å². The molecule has 0 bridgehead atoms. The largest absolute Gasteiger partial charge is 0.388 e. The third-order valence-electron chi connectivity index (χ3n) is 3.91. The van der Waals surface area contributed by atoms with Gasteiger partial charge in [0.1, 0.15) is 0 Å². The fourth-order valence-corrected chi connectivity index (χ4v) is 3.93. The Hall–Kier alpha value is -0.390. The van der Waals surface area contributed by atoms with Crippen LogP contribution in [0.15, 0.2) is 40.9 Å². The molecule has 20 heavy (non-hydrogen) atoms. The highest BCUT2D eigenvalue weighted by molar-refractivity contribution is 14.1. The van der Waals surface area contributed by atoms with Gasteiger partial charge < -0.3 is 5.11 Å². The van der Waals surface area contributed by atoms with E-state index in [9.17, 15) is 5.11 Å². The zero-order chi connectivity index (χ0) is 14.1. The fourth-order valence-electron chi connectivity index (χ4n) is 2.86. The number of halogens is 2. The first kappa shape index (κ1) is 14.5. The number of fused-ring (bicyclic) bond motifs is 1. The predicted molar refractivity (Wildman–Crippen MR) is 94.0 cm³/mol. The summed E-state index contributed by atoms with van der Waals surface area (Å²) in [5.41, 5.74) is 5.19. The van der Waals surface area contributed by atoms with Crippen LogP contribution in [-0.4, -0.2) is 5.11 Å². The van der Waals surface area contributed by atoms with Gasteiger partial charge in [-0.1, -0.05) is 34.1 Å². The molecule has 3 heteroatoms. The van der Waals surface area contributed by atoms with Crippen molar-refractivity contribution in [2.24, 2.45) is 0 Å². The molecule has 0 amide bonds. The van der Waals surface area contributed by atoms with E-state index in [-0.39, 0.29) is 0 Å². The topological polar surface area (TPSA) is 20.2 Å². The minimum absolute atomic E-state index is 0.446. The van der Waals surface area contributed by atoms with Gasteiger partial charge in [-0.05, 0) is 82.3 Å². The molecular weight excluding hydrogens is 427 g/mol. The Morgan fingerprint density at radius 2 is 1.90 bits per heavy atom. The molecule has 2 aromatic rings. The van der Waals surface area contributed by atoms with Crippen molar-refractivity contribution < 1.29 is 5.11 Å². The molecule has 0 saturated heterocycles. The molecule has 0 saturated carbocycles. The molecule has 1 nitrogen and oxygen atoms in total. The average Bonchev–Trinajstić information content (AvgIpc) is 2.89. The molecule has 1 unspecified atom stereocenters. The first-order chi connectivity index (χ1) is 9.63. The summed E-state index contributed by atoms with van der Waals surface area (Å²) in [6.07, 6.45) is 3.90. The number of rotatable bonds is 3. The molecule has 0 fully saturated rings. The Morgan fingerprint density at radius 1 is 1.10 bits per heavy atom. The molecule has 1 aliphatic rings. The Morgan fingerprint density at radius 3 is 2.75 bits per heavy atom. The summed E-state index contributed by atoms with van der Waals surface area (Å²) in [5, 5.41) is 10.5. The number of aliphatic hydroxyl groups is 1. The van der Waals surface area contributed by atoms with Crippen molar-refractivity contribution in [2.75, 3.05) is 0 Å². The maximum atomic E-state index is 10.5. The molecule has 1 N–H and O–H groups in total. The fraction of sp³-hybridized carbons (Fsp3) is 0.294. The lowest BCUT2D eigenvalue weighted by atomic mass is 9.98. The molecule has 0 aliphatic heterocycles. The van der Waals surface area contributed by atoms with Gasteiger partial charge in [0.25, 0.3) is 0 Å². The molecule has 104 valence electrons. The van der Waals surface area contributed by atoms with Crippen molar-refractivity contribution in [3.05, 3.63) is 66.7 Å². The Bertz CT molecular complexity index is 639. The van der Waals surface area contributed by atoms with E-state index in [2.05, 4.69) is 56.7 Å². The zero-order valence-electron chi connectivity index (χ0n) is 11.1. The van der Waals surface area contributed by atoms with Crippen LogP contribution in [0.3, 0.4) is 0 Å². The summed E-state index contributed by atoms with van der Waals surface area (Å²) in [4.78, 5) is 0. The van der Waals surface area contributed by atoms with Crippen molar-refractivity contribution in [3.8, 4) is 0 Å². The van der Waals surface area contributed by atoms with E-state index in [4.69, 9.17) is 0 Å². The summed E-state index contributed by atoms with van der Waals surface area (Å²) in [7, 11) is 0. The van der Waals surface area contributed by atoms with Crippen LogP contribution in [0.2, 0.25) is 0 Å². The quantitative estimate of drug-likeness (QED) is 0.675. The third kappa shape index (κ3) is 3.10. The molecular formula is C17H16BrIO. The van der Waals surface area contributed by atoms with Crippen molar-refractivity contribution in [2.45, 2.75) is 31.8 Å². The number of benzene rings is 2. The maximum Gasteiger partial charge on any atom is 0.0840 e. The highest BCUT2D eigenvalue weighted by Gasteiger charge is 2.15. The van der Waals surface area contributed by atoms with Crippen LogP contribution in [0.25, 0.3) is 0 Å². The predicted octanol–water partition coefficient (Wildman–Crippen LogP) is 4.82. The summed E-state index contributed by atoms with van der Waals surface area (Å²) in [5.74, 6) is 0. The third-order valence-corrected chi connectivity index (χ3v) is 5.38. The maximum absolute atomic E-state index is 10.5. The average molecular weight is 443 g/mol. The first-order valence-electron chi connectivity index (χ1n) is 6.87. The number of hydrogen-bond acceptors (Lipinski definition) is 1. The van der Waals surface area contributed by atoms with Gasteiger partial charge in [-0.25, -0.2) is 0 Å². The molecule has 1 aliphatic carbocycles. The smallest absolute Gasteiger partial charge is 0.0840 e. The lowest BCUT2D eigenvalue weighted by Crippen LogP contribution is -2.04. The Labute approximate surface area is 141 Å². The second-order valence-corrected chi connectivity index (χ2v) is 7.42. The van der Waals surface area contributed by atoms with Crippen molar-refractivity contribution >= 4 is 38.5 Å². The van der Waals surface area contributed by atoms with Gasteiger partial charge in [0.05, 0.1) is 6.10 Å². The summed E-state index contributed by atoms with van der Waals surface area (Å²) >= 11 is 5.76. The van der Waals surface area contributed by atoms with Gasteiger partial charge in [-0.15, -0.1) is 0 Å². The number of aryl methyl sites for hydroxylation is 2. The van der Waals surface area contributed by atoms with Gasteiger partial charge in [-0.3, -0.25) is 0 Å². The highest BCUT2D eigenvalue weighted by Crippen LogP contribution is 2.28. The van der Waals surface area contributed by atoms with E-state index in [1.807, 2.05) is 18.2 Å². The lowest BCUT2D eigenvalue weighted by Gasteiger charge is -2.14. The van der Waals surface area contributed by atoms with Crippen LogP contribution in [0.1, 0.15) is 34.8 Å². The Balaban J connectivity index is 1.82. The standard InChI is InChI=1S/C17H16BrIO/c18-14-6-7-16(19)15(10-14)17(20)9-11-4-5-12-2-1-3-13(12)8-11/h4-8,10,17,20H,1-3,9H2. The van der Waals surface area contributed by atoms with Crippen LogP contribution in [0.4, 0.5) is 0 Å². The highest BCUT2D eigenvalue weighted by atomic mass is 127. The summed E-state index contributed by atoms with van der Waals surface area (Å²) in [6.45, 7) is 0. The van der Waals surface area contributed by atoms with Gasteiger partial charge in [0.15, 0.2) is 0 Å². The SMILES string of the molecule is OC(Cc1ccc2c(c1)CCC2)c1cc(Br)ccc1I. The second-order valence-electron chi connectivity index (χ2n) is 5.34.